The maximum atomic E-state index is 6.29. The number of halogens is 1. The number of ether oxygens (including phenoxy) is 1. The van der Waals surface area contributed by atoms with Gasteiger partial charge < -0.3 is 10.1 Å². The lowest BCUT2D eigenvalue weighted by Crippen LogP contribution is -2.45. The lowest BCUT2D eigenvalue weighted by molar-refractivity contribution is 0.193. The van der Waals surface area contributed by atoms with Crippen molar-refractivity contribution in [3.63, 3.8) is 0 Å². The molecule has 3 nitrogen and oxygen atoms in total. The molecule has 3 aromatic carbocycles. The van der Waals surface area contributed by atoms with Crippen LogP contribution in [-0.4, -0.2) is 31.1 Å². The molecule has 3 aromatic rings. The molecule has 0 amide bonds. The number of hydrogen-bond donors (Lipinski definition) is 1. The Hall–Kier alpha value is -2.14. The van der Waals surface area contributed by atoms with E-state index in [0.717, 1.165) is 36.4 Å². The highest BCUT2D eigenvalue weighted by Gasteiger charge is 2.26. The minimum atomic E-state index is 0.183. The molecule has 1 N–H and O–H groups in total. The third kappa shape index (κ3) is 4.64. The molecular formula is C24H25BrN2O. The maximum Gasteiger partial charge on any atom is 0.124 e. The van der Waals surface area contributed by atoms with Gasteiger partial charge in [0.05, 0.1) is 6.04 Å². The zero-order chi connectivity index (χ0) is 19.2. The number of nitrogens with one attached hydrogen (secondary N) is 1. The minimum absolute atomic E-state index is 0.183. The van der Waals surface area contributed by atoms with E-state index in [4.69, 9.17) is 4.74 Å². The highest BCUT2D eigenvalue weighted by molar-refractivity contribution is 9.10. The van der Waals surface area contributed by atoms with E-state index in [-0.39, 0.29) is 6.04 Å². The second-order valence-corrected chi connectivity index (χ2v) is 7.97. The number of nitrogens with zero attached hydrogens (tertiary/aromatic N) is 1. The van der Waals surface area contributed by atoms with Gasteiger partial charge in [-0.2, -0.15) is 0 Å². The SMILES string of the molecule is Brc1ccc(C(c2ccccc2OCc2ccccc2)N2CCNCC2)cc1. The van der Waals surface area contributed by atoms with Crippen LogP contribution in [-0.2, 0) is 6.61 Å². The number of hydrogen-bond acceptors (Lipinski definition) is 3. The summed E-state index contributed by atoms with van der Waals surface area (Å²) in [7, 11) is 0. The average molecular weight is 437 g/mol. The molecule has 1 unspecified atom stereocenters. The lowest BCUT2D eigenvalue weighted by Gasteiger charge is -2.36. The highest BCUT2D eigenvalue weighted by atomic mass is 79.9. The number of piperazine rings is 1. The Morgan fingerprint density at radius 2 is 1.54 bits per heavy atom. The number of benzene rings is 3. The van der Waals surface area contributed by atoms with Crippen molar-refractivity contribution in [2.45, 2.75) is 12.6 Å². The van der Waals surface area contributed by atoms with E-state index in [9.17, 15) is 0 Å². The van der Waals surface area contributed by atoms with E-state index in [1.54, 1.807) is 0 Å². The van der Waals surface area contributed by atoms with E-state index in [1.165, 1.54) is 16.7 Å². The summed E-state index contributed by atoms with van der Waals surface area (Å²) >= 11 is 3.56. The van der Waals surface area contributed by atoms with Gasteiger partial charge in [0.2, 0.25) is 0 Å². The summed E-state index contributed by atoms with van der Waals surface area (Å²) in [5.41, 5.74) is 3.70. The zero-order valence-corrected chi connectivity index (χ0v) is 17.4. The molecule has 0 saturated carbocycles. The van der Waals surface area contributed by atoms with Gasteiger partial charge in [0.25, 0.3) is 0 Å². The van der Waals surface area contributed by atoms with Crippen LogP contribution >= 0.6 is 15.9 Å². The van der Waals surface area contributed by atoms with Crippen molar-refractivity contribution >= 4 is 15.9 Å². The monoisotopic (exact) mass is 436 g/mol. The molecule has 1 fully saturated rings. The van der Waals surface area contributed by atoms with Crippen molar-refractivity contribution in [2.24, 2.45) is 0 Å². The molecule has 0 radical (unpaired) electrons. The molecule has 1 atom stereocenters. The Morgan fingerprint density at radius 1 is 0.857 bits per heavy atom. The molecule has 0 bridgehead atoms. The van der Waals surface area contributed by atoms with Crippen LogP contribution in [0.15, 0.2) is 83.3 Å². The second-order valence-electron chi connectivity index (χ2n) is 7.05. The van der Waals surface area contributed by atoms with Crippen molar-refractivity contribution in [3.8, 4) is 5.75 Å². The van der Waals surface area contributed by atoms with Gasteiger partial charge in [-0.1, -0.05) is 76.6 Å². The van der Waals surface area contributed by atoms with Crippen molar-refractivity contribution < 1.29 is 4.74 Å². The molecule has 1 aliphatic heterocycles. The fourth-order valence-corrected chi connectivity index (χ4v) is 4.01. The molecule has 4 heteroatoms. The standard InChI is InChI=1S/C24H25BrN2O/c25-21-12-10-20(11-13-21)24(27-16-14-26-15-17-27)22-8-4-5-9-23(22)28-18-19-6-2-1-3-7-19/h1-13,24,26H,14-18H2. The van der Waals surface area contributed by atoms with Crippen molar-refractivity contribution in [1.29, 1.82) is 0 Å². The van der Waals surface area contributed by atoms with Crippen LogP contribution < -0.4 is 10.1 Å². The average Bonchev–Trinajstić information content (AvgIpc) is 2.76. The van der Waals surface area contributed by atoms with Gasteiger partial charge in [-0.05, 0) is 29.3 Å². The Morgan fingerprint density at radius 3 is 2.29 bits per heavy atom. The molecule has 1 aliphatic rings. The van der Waals surface area contributed by atoms with Crippen LogP contribution in [0.1, 0.15) is 22.7 Å². The minimum Gasteiger partial charge on any atom is -0.489 e. The molecule has 1 heterocycles. The molecule has 4 rings (SSSR count). The summed E-state index contributed by atoms with van der Waals surface area (Å²) in [6.45, 7) is 4.65. The normalized spacial score (nSPS) is 15.9. The summed E-state index contributed by atoms with van der Waals surface area (Å²) in [4.78, 5) is 2.55. The molecule has 144 valence electrons. The van der Waals surface area contributed by atoms with Crippen LogP contribution in [0.25, 0.3) is 0 Å². The van der Waals surface area contributed by atoms with E-state index < -0.39 is 0 Å². The lowest BCUT2D eigenvalue weighted by atomic mass is 9.95. The van der Waals surface area contributed by atoms with Gasteiger partial charge in [0.1, 0.15) is 12.4 Å². The van der Waals surface area contributed by atoms with Crippen LogP contribution in [0.5, 0.6) is 5.75 Å². The Bertz CT molecular complexity index is 877. The summed E-state index contributed by atoms with van der Waals surface area (Å²) < 4.78 is 7.39. The predicted molar refractivity (Wildman–Crippen MR) is 118 cm³/mol. The van der Waals surface area contributed by atoms with Crippen LogP contribution in [0, 0.1) is 0 Å². The largest absolute Gasteiger partial charge is 0.489 e. The quantitative estimate of drug-likeness (QED) is 0.586. The van der Waals surface area contributed by atoms with Gasteiger partial charge in [-0.3, -0.25) is 4.90 Å². The van der Waals surface area contributed by atoms with E-state index >= 15 is 0 Å². The molecule has 0 aromatic heterocycles. The summed E-state index contributed by atoms with van der Waals surface area (Å²) in [5.74, 6) is 0.956. The topological polar surface area (TPSA) is 24.5 Å². The first-order chi connectivity index (χ1) is 13.8. The van der Waals surface area contributed by atoms with E-state index in [0.29, 0.717) is 6.61 Å². The smallest absolute Gasteiger partial charge is 0.124 e. The first kappa shape index (κ1) is 19.2. The summed E-state index contributed by atoms with van der Waals surface area (Å²) in [6, 6.07) is 27.7. The molecule has 28 heavy (non-hydrogen) atoms. The van der Waals surface area contributed by atoms with E-state index in [2.05, 4.69) is 98.9 Å². The van der Waals surface area contributed by atoms with E-state index in [1.807, 2.05) is 6.07 Å². The zero-order valence-electron chi connectivity index (χ0n) is 15.9. The molecule has 1 saturated heterocycles. The van der Waals surface area contributed by atoms with Crippen molar-refractivity contribution in [1.82, 2.24) is 10.2 Å². The molecule has 0 aliphatic carbocycles. The highest BCUT2D eigenvalue weighted by Crippen LogP contribution is 2.35. The first-order valence-electron chi connectivity index (χ1n) is 9.77. The Labute approximate surface area is 175 Å². The van der Waals surface area contributed by atoms with Crippen LogP contribution in [0.4, 0.5) is 0 Å². The van der Waals surface area contributed by atoms with Crippen molar-refractivity contribution in [3.05, 3.63) is 100 Å². The van der Waals surface area contributed by atoms with Gasteiger partial charge in [-0.15, -0.1) is 0 Å². The second kappa shape index (κ2) is 9.37. The van der Waals surface area contributed by atoms with Gasteiger partial charge in [0, 0.05) is 36.2 Å². The van der Waals surface area contributed by atoms with Crippen molar-refractivity contribution in [2.75, 3.05) is 26.2 Å². The van der Waals surface area contributed by atoms with Gasteiger partial charge in [0.15, 0.2) is 0 Å². The Kier molecular flexibility index (Phi) is 6.42. The van der Waals surface area contributed by atoms with Crippen LogP contribution in [0.3, 0.4) is 0 Å². The number of rotatable bonds is 6. The first-order valence-corrected chi connectivity index (χ1v) is 10.6. The van der Waals surface area contributed by atoms with Gasteiger partial charge >= 0.3 is 0 Å². The summed E-state index contributed by atoms with van der Waals surface area (Å²) in [6.07, 6.45) is 0. The third-order valence-electron chi connectivity index (χ3n) is 5.15. The summed E-state index contributed by atoms with van der Waals surface area (Å²) in [5, 5.41) is 3.46. The molecular weight excluding hydrogens is 412 g/mol. The third-order valence-corrected chi connectivity index (χ3v) is 5.68. The van der Waals surface area contributed by atoms with Crippen LogP contribution in [0.2, 0.25) is 0 Å². The van der Waals surface area contributed by atoms with Gasteiger partial charge in [-0.25, -0.2) is 0 Å². The predicted octanol–water partition coefficient (Wildman–Crippen LogP) is 5.02. The Balaban J connectivity index is 1.66. The fraction of sp³-hybridized carbons (Fsp3) is 0.250. The molecule has 0 spiro atoms. The fourth-order valence-electron chi connectivity index (χ4n) is 3.75. The number of para-hydroxylation sites is 1. The maximum absolute atomic E-state index is 6.29.